The summed E-state index contributed by atoms with van der Waals surface area (Å²) >= 11 is 0. The second-order valence-electron chi connectivity index (χ2n) is 7.30. The van der Waals surface area contributed by atoms with Crippen LogP contribution < -0.4 is 5.56 Å². The summed E-state index contributed by atoms with van der Waals surface area (Å²) in [6.07, 6.45) is 2.35. The van der Waals surface area contributed by atoms with E-state index < -0.39 is 0 Å². The van der Waals surface area contributed by atoms with Crippen molar-refractivity contribution in [2.24, 2.45) is 0 Å². The van der Waals surface area contributed by atoms with Crippen LogP contribution in [0.5, 0.6) is 0 Å². The van der Waals surface area contributed by atoms with Crippen molar-refractivity contribution in [3.63, 3.8) is 0 Å². The van der Waals surface area contributed by atoms with Gasteiger partial charge in [-0.2, -0.15) is 0 Å². The number of fused-ring (bicyclic) bond motifs is 1. The highest BCUT2D eigenvalue weighted by Crippen LogP contribution is 2.29. The van der Waals surface area contributed by atoms with Crippen molar-refractivity contribution in [1.29, 1.82) is 0 Å². The molecule has 1 aliphatic heterocycles. The molecule has 4 rings (SSSR count). The number of aromatic amines is 1. The predicted molar refractivity (Wildman–Crippen MR) is 108 cm³/mol. The van der Waals surface area contributed by atoms with Crippen LogP contribution in [-0.4, -0.2) is 27.3 Å². The maximum Gasteiger partial charge on any atom is 0.254 e. The monoisotopic (exact) mass is 373 g/mol. The topological polar surface area (TPSA) is 66.1 Å². The van der Waals surface area contributed by atoms with Gasteiger partial charge in [-0.05, 0) is 24.5 Å². The van der Waals surface area contributed by atoms with Crippen LogP contribution in [0.15, 0.2) is 65.7 Å². The largest absolute Gasteiger partial charge is 0.336 e. The lowest BCUT2D eigenvalue weighted by atomic mass is 9.87. The summed E-state index contributed by atoms with van der Waals surface area (Å²) < 4.78 is 0. The lowest BCUT2D eigenvalue weighted by molar-refractivity contribution is -0.132. The maximum atomic E-state index is 13.1. The molecular weight excluding hydrogens is 350 g/mol. The molecule has 1 aliphatic rings. The Morgan fingerprint density at radius 3 is 2.57 bits per heavy atom. The first-order valence-electron chi connectivity index (χ1n) is 9.56. The lowest BCUT2D eigenvalue weighted by Crippen LogP contribution is -2.39. The highest BCUT2D eigenvalue weighted by Gasteiger charge is 2.26. The number of aromatic nitrogens is 2. The maximum absolute atomic E-state index is 13.1. The lowest BCUT2D eigenvalue weighted by Gasteiger charge is -2.29. The first-order valence-corrected chi connectivity index (χ1v) is 9.56. The molecule has 142 valence electrons. The minimum Gasteiger partial charge on any atom is -0.336 e. The minimum absolute atomic E-state index is 0.00262. The molecule has 1 aromatic heterocycles. The number of aryl methyl sites for hydroxylation is 1. The Morgan fingerprint density at radius 1 is 1.11 bits per heavy atom. The van der Waals surface area contributed by atoms with Gasteiger partial charge in [-0.3, -0.25) is 9.59 Å². The van der Waals surface area contributed by atoms with Crippen LogP contribution >= 0.6 is 0 Å². The van der Waals surface area contributed by atoms with Gasteiger partial charge in [0.05, 0.1) is 18.6 Å². The van der Waals surface area contributed by atoms with Gasteiger partial charge in [-0.1, -0.05) is 60.2 Å². The van der Waals surface area contributed by atoms with Crippen molar-refractivity contribution in [3.05, 3.63) is 99.2 Å². The summed E-state index contributed by atoms with van der Waals surface area (Å²) in [6.45, 7) is 3.01. The fraction of sp³-hybridized carbons (Fsp3) is 0.261. The second-order valence-corrected chi connectivity index (χ2v) is 7.30. The van der Waals surface area contributed by atoms with Crippen molar-refractivity contribution in [2.45, 2.75) is 32.2 Å². The Bertz CT molecular complexity index is 1030. The Kier molecular flexibility index (Phi) is 5.06. The number of hydrogen-bond acceptors (Lipinski definition) is 3. The van der Waals surface area contributed by atoms with E-state index in [1.807, 2.05) is 23.1 Å². The number of rotatable bonds is 4. The molecule has 0 saturated heterocycles. The quantitative estimate of drug-likeness (QED) is 0.764. The second kappa shape index (κ2) is 7.80. The molecule has 0 fully saturated rings. The zero-order valence-electron chi connectivity index (χ0n) is 15.9. The average molecular weight is 373 g/mol. The molecular formula is C23H23N3O2. The normalized spacial score (nSPS) is 14.4. The SMILES string of the molecule is Cc1ccc(C(CC(=O)N2CCc3c(nc[nH]c3=O)C2)c2ccccc2)cc1. The fourth-order valence-electron chi connectivity index (χ4n) is 3.79. The summed E-state index contributed by atoms with van der Waals surface area (Å²) in [5, 5.41) is 0. The molecule has 0 saturated carbocycles. The van der Waals surface area contributed by atoms with E-state index in [2.05, 4.69) is 53.3 Å². The van der Waals surface area contributed by atoms with Crippen LogP contribution in [0.1, 0.15) is 40.3 Å². The summed E-state index contributed by atoms with van der Waals surface area (Å²) in [5.41, 5.74) is 4.77. The van der Waals surface area contributed by atoms with Crippen molar-refractivity contribution < 1.29 is 4.79 Å². The third kappa shape index (κ3) is 3.74. The standard InChI is InChI=1S/C23H23N3O2/c1-16-7-9-18(10-8-16)20(17-5-3-2-4-6-17)13-22(27)26-12-11-19-21(14-26)24-15-25-23(19)28/h2-10,15,20H,11-14H2,1H3,(H,24,25,28). The van der Waals surface area contributed by atoms with E-state index in [4.69, 9.17) is 0 Å². The zero-order valence-corrected chi connectivity index (χ0v) is 15.9. The first-order chi connectivity index (χ1) is 13.6. The number of carbonyl (C=O) groups is 1. The average Bonchev–Trinajstić information content (AvgIpc) is 2.73. The number of carbonyl (C=O) groups excluding carboxylic acids is 1. The van der Waals surface area contributed by atoms with Gasteiger partial charge >= 0.3 is 0 Å². The van der Waals surface area contributed by atoms with Crippen molar-refractivity contribution in [1.82, 2.24) is 14.9 Å². The van der Waals surface area contributed by atoms with Crippen LogP contribution in [-0.2, 0) is 17.8 Å². The fourth-order valence-corrected chi connectivity index (χ4v) is 3.79. The molecule has 0 radical (unpaired) electrons. The summed E-state index contributed by atoms with van der Waals surface area (Å²) in [7, 11) is 0. The van der Waals surface area contributed by atoms with Gasteiger partial charge in [0.15, 0.2) is 0 Å². The Morgan fingerprint density at radius 2 is 1.82 bits per heavy atom. The van der Waals surface area contributed by atoms with E-state index in [-0.39, 0.29) is 17.4 Å². The molecule has 2 heterocycles. The van der Waals surface area contributed by atoms with Gasteiger partial charge in [-0.25, -0.2) is 4.98 Å². The van der Waals surface area contributed by atoms with E-state index in [9.17, 15) is 9.59 Å². The van der Waals surface area contributed by atoms with Crippen LogP contribution in [0.3, 0.4) is 0 Å². The van der Waals surface area contributed by atoms with Gasteiger partial charge in [0.1, 0.15) is 0 Å². The molecule has 3 aromatic rings. The van der Waals surface area contributed by atoms with Crippen molar-refractivity contribution in [3.8, 4) is 0 Å². The molecule has 1 atom stereocenters. The molecule has 0 spiro atoms. The van der Waals surface area contributed by atoms with Crippen LogP contribution in [0.4, 0.5) is 0 Å². The molecule has 2 aromatic carbocycles. The third-order valence-electron chi connectivity index (χ3n) is 5.42. The number of nitrogens with zero attached hydrogens (tertiary/aromatic N) is 2. The summed E-state index contributed by atoms with van der Waals surface area (Å²) in [5.74, 6) is 0.0880. The number of benzene rings is 2. The van der Waals surface area contributed by atoms with Crippen LogP contribution in [0.25, 0.3) is 0 Å². The van der Waals surface area contributed by atoms with Crippen LogP contribution in [0, 0.1) is 6.92 Å². The number of nitrogens with one attached hydrogen (secondary N) is 1. The molecule has 1 unspecified atom stereocenters. The van der Waals surface area contributed by atoms with Gasteiger partial charge in [0, 0.05) is 24.4 Å². The van der Waals surface area contributed by atoms with E-state index in [0.717, 1.165) is 11.1 Å². The molecule has 5 heteroatoms. The van der Waals surface area contributed by atoms with E-state index in [0.29, 0.717) is 37.2 Å². The minimum atomic E-state index is -0.0982. The first kappa shape index (κ1) is 18.2. The van der Waals surface area contributed by atoms with Crippen molar-refractivity contribution >= 4 is 5.91 Å². The summed E-state index contributed by atoms with van der Waals surface area (Å²) in [6, 6.07) is 18.5. The Labute approximate surface area is 164 Å². The Balaban J connectivity index is 1.58. The Hall–Kier alpha value is -3.21. The molecule has 1 N–H and O–H groups in total. The third-order valence-corrected chi connectivity index (χ3v) is 5.42. The molecule has 5 nitrogen and oxygen atoms in total. The van der Waals surface area contributed by atoms with Gasteiger partial charge in [-0.15, -0.1) is 0 Å². The highest BCUT2D eigenvalue weighted by atomic mass is 16.2. The summed E-state index contributed by atoms with van der Waals surface area (Å²) in [4.78, 5) is 33.7. The van der Waals surface area contributed by atoms with E-state index in [1.54, 1.807) is 0 Å². The number of amides is 1. The van der Waals surface area contributed by atoms with Crippen LogP contribution in [0.2, 0.25) is 0 Å². The zero-order chi connectivity index (χ0) is 19.5. The predicted octanol–water partition coefficient (Wildman–Crippen LogP) is 3.19. The van der Waals surface area contributed by atoms with E-state index in [1.165, 1.54) is 11.9 Å². The van der Waals surface area contributed by atoms with Crippen molar-refractivity contribution in [2.75, 3.05) is 6.54 Å². The van der Waals surface area contributed by atoms with Gasteiger partial charge in [0.25, 0.3) is 5.56 Å². The molecule has 28 heavy (non-hydrogen) atoms. The highest BCUT2D eigenvalue weighted by molar-refractivity contribution is 5.78. The molecule has 1 amide bonds. The smallest absolute Gasteiger partial charge is 0.254 e. The number of H-pyrrole nitrogens is 1. The number of hydrogen-bond donors (Lipinski definition) is 1. The van der Waals surface area contributed by atoms with E-state index >= 15 is 0 Å². The molecule has 0 bridgehead atoms. The molecule has 0 aliphatic carbocycles. The van der Waals surface area contributed by atoms with Gasteiger partial charge in [0.2, 0.25) is 5.91 Å². The van der Waals surface area contributed by atoms with Gasteiger partial charge < -0.3 is 9.88 Å².